The van der Waals surface area contributed by atoms with Crippen molar-refractivity contribution in [1.29, 1.82) is 0 Å². The van der Waals surface area contributed by atoms with E-state index in [0.29, 0.717) is 18.1 Å². The van der Waals surface area contributed by atoms with Gasteiger partial charge in [-0.15, -0.1) is 0 Å². The third kappa shape index (κ3) is 4.91. The molecule has 3 heterocycles. The lowest BCUT2D eigenvalue weighted by atomic mass is 9.80. The van der Waals surface area contributed by atoms with Gasteiger partial charge in [-0.3, -0.25) is 9.59 Å². The van der Waals surface area contributed by atoms with Crippen molar-refractivity contribution >= 4 is 28.4 Å². The molecule has 0 spiro atoms. The van der Waals surface area contributed by atoms with Gasteiger partial charge in [-0.2, -0.15) is 0 Å². The third-order valence-electron chi connectivity index (χ3n) is 8.10. The summed E-state index contributed by atoms with van der Waals surface area (Å²) in [5, 5.41) is 5.17. The fourth-order valence-corrected chi connectivity index (χ4v) is 6.20. The number of aryl methyl sites for hydroxylation is 1. The second-order valence-electron chi connectivity index (χ2n) is 10.7. The highest BCUT2D eigenvalue weighted by molar-refractivity contribution is 6.35. The van der Waals surface area contributed by atoms with Gasteiger partial charge in [-0.05, 0) is 66.6 Å². The summed E-state index contributed by atoms with van der Waals surface area (Å²) >= 11 is 6.76. The number of halogens is 1. The molecule has 6 nitrogen and oxygen atoms in total. The zero-order valence-corrected chi connectivity index (χ0v) is 22.4. The van der Waals surface area contributed by atoms with Crippen molar-refractivity contribution in [3.05, 3.63) is 105 Å². The SMILES string of the molecule is Cn1ccc([C@H]2CCNCC2C(=O)N(Cc2cn(Cc3ccccc3)c3cccc(Cl)c23)C2CC2)cc1=O. The van der Waals surface area contributed by atoms with Gasteiger partial charge in [-0.25, -0.2) is 0 Å². The van der Waals surface area contributed by atoms with Gasteiger partial charge in [0.05, 0.1) is 16.5 Å². The third-order valence-corrected chi connectivity index (χ3v) is 8.41. The highest BCUT2D eigenvalue weighted by atomic mass is 35.5. The number of carbonyl (C=O) groups is 1. The van der Waals surface area contributed by atoms with Crippen LogP contribution in [0.25, 0.3) is 10.9 Å². The van der Waals surface area contributed by atoms with E-state index in [2.05, 4.69) is 51.3 Å². The van der Waals surface area contributed by atoms with Crippen LogP contribution in [0.3, 0.4) is 0 Å². The topological polar surface area (TPSA) is 59.3 Å². The minimum absolute atomic E-state index is 0.0295. The van der Waals surface area contributed by atoms with Gasteiger partial charge in [0.2, 0.25) is 5.91 Å². The Hall–Kier alpha value is -3.35. The van der Waals surface area contributed by atoms with Crippen LogP contribution >= 0.6 is 11.6 Å². The number of carbonyl (C=O) groups excluding carboxylic acids is 1. The van der Waals surface area contributed by atoms with Crippen LogP contribution in [-0.2, 0) is 24.9 Å². The van der Waals surface area contributed by atoms with Crippen LogP contribution in [0.1, 0.15) is 41.9 Å². The lowest BCUT2D eigenvalue weighted by molar-refractivity contribution is -0.138. The molecule has 2 fully saturated rings. The van der Waals surface area contributed by atoms with Gasteiger partial charge in [0, 0.05) is 56.6 Å². The number of hydrogen-bond donors (Lipinski definition) is 1. The van der Waals surface area contributed by atoms with Crippen molar-refractivity contribution in [3.63, 3.8) is 0 Å². The molecule has 7 heteroatoms. The predicted molar refractivity (Wildman–Crippen MR) is 151 cm³/mol. The van der Waals surface area contributed by atoms with E-state index in [-0.39, 0.29) is 29.3 Å². The molecule has 2 aromatic carbocycles. The highest BCUT2D eigenvalue weighted by Gasteiger charge is 2.40. The fourth-order valence-electron chi connectivity index (χ4n) is 5.90. The summed E-state index contributed by atoms with van der Waals surface area (Å²) in [6.07, 6.45) is 6.87. The van der Waals surface area contributed by atoms with Gasteiger partial charge in [0.1, 0.15) is 0 Å². The number of benzene rings is 2. The van der Waals surface area contributed by atoms with E-state index in [4.69, 9.17) is 11.6 Å². The monoisotopic (exact) mass is 528 g/mol. The van der Waals surface area contributed by atoms with E-state index in [0.717, 1.165) is 54.4 Å². The normalized spacial score (nSPS) is 19.5. The molecule has 0 bridgehead atoms. The maximum Gasteiger partial charge on any atom is 0.250 e. The largest absolute Gasteiger partial charge is 0.343 e. The Morgan fingerprint density at radius 3 is 2.66 bits per heavy atom. The molecule has 1 saturated heterocycles. The smallest absolute Gasteiger partial charge is 0.250 e. The van der Waals surface area contributed by atoms with Crippen molar-refractivity contribution in [1.82, 2.24) is 19.4 Å². The van der Waals surface area contributed by atoms with Gasteiger partial charge in [-0.1, -0.05) is 48.0 Å². The Bertz CT molecular complexity index is 1520. The summed E-state index contributed by atoms with van der Waals surface area (Å²) in [6, 6.07) is 20.4. The van der Waals surface area contributed by atoms with Gasteiger partial charge in [0.15, 0.2) is 0 Å². The van der Waals surface area contributed by atoms with Crippen molar-refractivity contribution in [2.45, 2.75) is 44.3 Å². The standard InChI is InChI=1S/C31H33ClN4O2/c1-34-15-13-22(16-29(34)37)25-12-14-33-17-26(25)31(38)36(24-10-11-24)20-23-19-35(18-21-6-3-2-4-7-21)28-9-5-8-27(32)30(23)28/h2-9,13,15-16,19,24-26,33H,10-12,14,17-18,20H2,1H3/t25-,26?/m1/s1. The molecule has 1 aliphatic heterocycles. The second kappa shape index (κ2) is 10.4. The fraction of sp³-hybridized carbons (Fsp3) is 0.355. The number of hydrogen-bond acceptors (Lipinski definition) is 3. The van der Waals surface area contributed by atoms with Gasteiger partial charge < -0.3 is 19.4 Å². The summed E-state index contributed by atoms with van der Waals surface area (Å²) in [5.41, 5.74) is 4.31. The summed E-state index contributed by atoms with van der Waals surface area (Å²) in [5.74, 6) is -0.00658. The zero-order valence-electron chi connectivity index (χ0n) is 21.6. The summed E-state index contributed by atoms with van der Waals surface area (Å²) < 4.78 is 3.82. The van der Waals surface area contributed by atoms with Crippen LogP contribution in [0.5, 0.6) is 0 Å². The molecule has 1 amide bonds. The average molecular weight is 529 g/mol. The van der Waals surface area contributed by atoms with E-state index in [1.54, 1.807) is 17.7 Å². The first-order valence-corrected chi connectivity index (χ1v) is 13.9. The number of piperidine rings is 1. The Morgan fingerprint density at radius 2 is 1.89 bits per heavy atom. The minimum atomic E-state index is -0.204. The highest BCUT2D eigenvalue weighted by Crippen LogP contribution is 2.38. The predicted octanol–water partition coefficient (Wildman–Crippen LogP) is 4.93. The Balaban J connectivity index is 1.33. The van der Waals surface area contributed by atoms with Gasteiger partial charge >= 0.3 is 0 Å². The lowest BCUT2D eigenvalue weighted by Crippen LogP contribution is -2.47. The Morgan fingerprint density at radius 1 is 1.08 bits per heavy atom. The molecule has 2 atom stereocenters. The van der Waals surface area contributed by atoms with E-state index < -0.39 is 0 Å². The lowest BCUT2D eigenvalue weighted by Gasteiger charge is -2.35. The maximum atomic E-state index is 14.2. The maximum absolute atomic E-state index is 14.2. The van der Waals surface area contributed by atoms with Crippen LogP contribution in [-0.4, -0.2) is 39.1 Å². The zero-order chi connectivity index (χ0) is 26.2. The first-order chi connectivity index (χ1) is 18.5. The summed E-state index contributed by atoms with van der Waals surface area (Å²) in [4.78, 5) is 28.7. The van der Waals surface area contributed by atoms with Crippen LogP contribution in [0.15, 0.2) is 77.9 Å². The minimum Gasteiger partial charge on any atom is -0.343 e. The molecule has 1 N–H and O–H groups in total. The molecular formula is C31H33ClN4O2. The number of fused-ring (bicyclic) bond motifs is 1. The molecule has 4 aromatic rings. The van der Waals surface area contributed by atoms with Crippen LogP contribution < -0.4 is 10.9 Å². The van der Waals surface area contributed by atoms with Crippen LogP contribution in [0, 0.1) is 5.92 Å². The molecule has 6 rings (SSSR count). The molecule has 196 valence electrons. The Labute approximate surface area is 227 Å². The molecule has 1 saturated carbocycles. The van der Waals surface area contributed by atoms with Crippen LogP contribution in [0.2, 0.25) is 5.02 Å². The molecule has 0 radical (unpaired) electrons. The van der Waals surface area contributed by atoms with Gasteiger partial charge in [0.25, 0.3) is 5.56 Å². The summed E-state index contributed by atoms with van der Waals surface area (Å²) in [7, 11) is 1.76. The van der Waals surface area contributed by atoms with Crippen LogP contribution in [0.4, 0.5) is 0 Å². The van der Waals surface area contributed by atoms with E-state index in [1.807, 2.05) is 30.5 Å². The number of pyridine rings is 1. The van der Waals surface area contributed by atoms with E-state index >= 15 is 0 Å². The number of nitrogens with one attached hydrogen (secondary N) is 1. The first kappa shape index (κ1) is 25.0. The molecular weight excluding hydrogens is 496 g/mol. The molecule has 38 heavy (non-hydrogen) atoms. The average Bonchev–Trinajstić information content (AvgIpc) is 3.72. The number of rotatable bonds is 7. The Kier molecular flexibility index (Phi) is 6.85. The quantitative estimate of drug-likeness (QED) is 0.370. The number of nitrogens with zero attached hydrogens (tertiary/aromatic N) is 3. The summed E-state index contributed by atoms with van der Waals surface area (Å²) in [6.45, 7) is 2.74. The molecule has 2 aliphatic rings. The van der Waals surface area contributed by atoms with Crippen molar-refractivity contribution in [2.75, 3.05) is 13.1 Å². The first-order valence-electron chi connectivity index (χ1n) is 13.5. The van der Waals surface area contributed by atoms with E-state index in [1.165, 1.54) is 5.56 Å². The van der Waals surface area contributed by atoms with Crippen molar-refractivity contribution in [2.24, 2.45) is 13.0 Å². The second-order valence-corrected chi connectivity index (χ2v) is 11.1. The van der Waals surface area contributed by atoms with E-state index in [9.17, 15) is 9.59 Å². The number of amides is 1. The molecule has 2 aromatic heterocycles. The van der Waals surface area contributed by atoms with Crippen molar-refractivity contribution in [3.8, 4) is 0 Å². The van der Waals surface area contributed by atoms with Crippen molar-refractivity contribution < 1.29 is 4.79 Å². The molecule has 1 aliphatic carbocycles. The molecule has 1 unspecified atom stereocenters. The number of aromatic nitrogens is 2.